The SMILES string of the molecule is Ic1ccc([I+]c2ccc(I)cc2)cc1.[Br-]. The van der Waals surface area contributed by atoms with Gasteiger partial charge in [0.15, 0.2) is 7.14 Å². The van der Waals surface area contributed by atoms with Gasteiger partial charge in [0, 0.05) is 7.14 Å². The van der Waals surface area contributed by atoms with E-state index < -0.39 is 0 Å². The van der Waals surface area contributed by atoms with Gasteiger partial charge in [0.25, 0.3) is 0 Å². The zero-order valence-electron chi connectivity index (χ0n) is 8.13. The molecular formula is C12H8BrI3. The van der Waals surface area contributed by atoms with Crippen LogP contribution in [-0.4, -0.2) is 0 Å². The summed E-state index contributed by atoms with van der Waals surface area (Å²) in [5, 5.41) is 0. The van der Waals surface area contributed by atoms with Gasteiger partial charge < -0.3 is 17.0 Å². The van der Waals surface area contributed by atoms with E-state index >= 15 is 0 Å². The van der Waals surface area contributed by atoms with E-state index in [1.54, 1.807) is 0 Å². The Bertz CT molecular complexity index is 393. The van der Waals surface area contributed by atoms with Crippen LogP contribution in [0.4, 0.5) is 0 Å². The first-order chi connectivity index (χ1) is 7.24. The average Bonchev–Trinajstić information content (AvgIpc) is 2.25. The third kappa shape index (κ3) is 4.77. The molecule has 2 aromatic carbocycles. The Morgan fingerprint density at radius 1 is 0.625 bits per heavy atom. The van der Waals surface area contributed by atoms with E-state index in [-0.39, 0.29) is 38.2 Å². The predicted molar refractivity (Wildman–Crippen MR) is 75.7 cm³/mol. The van der Waals surface area contributed by atoms with Crippen molar-refractivity contribution in [3.8, 4) is 0 Å². The van der Waals surface area contributed by atoms with Gasteiger partial charge in [-0.15, -0.1) is 0 Å². The van der Waals surface area contributed by atoms with Crippen molar-refractivity contribution in [2.45, 2.75) is 0 Å². The lowest BCUT2D eigenvalue weighted by Gasteiger charge is -1.89. The molecule has 0 spiro atoms. The Labute approximate surface area is 144 Å². The summed E-state index contributed by atoms with van der Waals surface area (Å²) in [6, 6.07) is 17.7. The summed E-state index contributed by atoms with van der Waals surface area (Å²) in [5.41, 5.74) is 0. The van der Waals surface area contributed by atoms with Crippen LogP contribution in [0.3, 0.4) is 0 Å². The number of hydrogen-bond acceptors (Lipinski definition) is 0. The topological polar surface area (TPSA) is 0 Å². The Morgan fingerprint density at radius 3 is 1.25 bits per heavy atom. The molecule has 0 nitrogen and oxygen atoms in total. The number of benzene rings is 2. The van der Waals surface area contributed by atoms with Crippen molar-refractivity contribution in [1.29, 1.82) is 0 Å². The van der Waals surface area contributed by atoms with Gasteiger partial charge in [0.2, 0.25) is 0 Å². The van der Waals surface area contributed by atoms with E-state index in [9.17, 15) is 0 Å². The third-order valence-corrected chi connectivity index (χ3v) is 5.95. The normalized spacial score (nSPS) is 9.62. The summed E-state index contributed by atoms with van der Waals surface area (Å²) in [5.74, 6) is 0. The maximum atomic E-state index is 2.34. The molecule has 4 heteroatoms. The number of rotatable bonds is 2. The monoisotopic (exact) mass is 612 g/mol. The van der Waals surface area contributed by atoms with E-state index in [0.717, 1.165) is 0 Å². The quantitative estimate of drug-likeness (QED) is 0.346. The van der Waals surface area contributed by atoms with E-state index in [1.807, 2.05) is 0 Å². The minimum atomic E-state index is -0.00353. The largest absolute Gasteiger partial charge is 1.00 e. The van der Waals surface area contributed by atoms with Crippen LogP contribution in [0.1, 0.15) is 0 Å². The second-order valence-corrected chi connectivity index (χ2v) is 8.49. The van der Waals surface area contributed by atoms with Crippen LogP contribution >= 0.6 is 45.2 Å². The highest BCUT2D eigenvalue weighted by molar-refractivity contribution is 14.1. The van der Waals surface area contributed by atoms with Crippen molar-refractivity contribution in [3.63, 3.8) is 0 Å². The van der Waals surface area contributed by atoms with Crippen LogP contribution in [0, 0.1) is 14.3 Å². The van der Waals surface area contributed by atoms with Gasteiger partial charge in [-0.3, -0.25) is 0 Å². The zero-order valence-corrected chi connectivity index (χ0v) is 16.2. The third-order valence-electron chi connectivity index (χ3n) is 1.83. The fourth-order valence-electron chi connectivity index (χ4n) is 1.11. The molecule has 0 amide bonds. The molecule has 0 aliphatic carbocycles. The lowest BCUT2D eigenvalue weighted by molar-refractivity contribution is -0.597. The summed E-state index contributed by atoms with van der Waals surface area (Å²) in [6.07, 6.45) is 0. The van der Waals surface area contributed by atoms with Gasteiger partial charge in [-0.2, -0.15) is 0 Å². The van der Waals surface area contributed by atoms with E-state index in [1.165, 1.54) is 14.3 Å². The first kappa shape index (κ1) is 15.2. The first-order valence-corrected chi connectivity index (χ1v) is 8.71. The molecule has 0 radical (unpaired) electrons. The average molecular weight is 613 g/mol. The minimum Gasteiger partial charge on any atom is -1.00 e. The highest BCUT2D eigenvalue weighted by Gasteiger charge is 2.14. The smallest absolute Gasteiger partial charge is 0.357 e. The molecule has 0 saturated heterocycles. The van der Waals surface area contributed by atoms with Gasteiger partial charge in [-0.25, -0.2) is 0 Å². The Kier molecular flexibility index (Phi) is 7.13. The lowest BCUT2D eigenvalue weighted by atomic mass is 10.4. The Hall–Kier alpha value is 1.11. The Morgan fingerprint density at radius 2 is 0.938 bits per heavy atom. The lowest BCUT2D eigenvalue weighted by Crippen LogP contribution is -3.61. The second kappa shape index (κ2) is 7.52. The maximum Gasteiger partial charge on any atom is 0.357 e. The van der Waals surface area contributed by atoms with Crippen molar-refractivity contribution >= 4 is 45.2 Å². The molecule has 0 aliphatic rings. The summed E-state index contributed by atoms with van der Waals surface area (Å²) in [7, 11) is 0. The fraction of sp³-hybridized carbons (Fsp3) is 0. The second-order valence-electron chi connectivity index (χ2n) is 2.97. The molecule has 0 aromatic heterocycles. The molecule has 0 aliphatic heterocycles. The molecular weight excluding hydrogens is 605 g/mol. The molecule has 0 bridgehead atoms. The first-order valence-electron chi connectivity index (χ1n) is 4.40. The van der Waals surface area contributed by atoms with Crippen molar-refractivity contribution in [1.82, 2.24) is 0 Å². The van der Waals surface area contributed by atoms with Crippen molar-refractivity contribution in [2.75, 3.05) is 0 Å². The van der Waals surface area contributed by atoms with Crippen LogP contribution in [0.15, 0.2) is 48.5 Å². The van der Waals surface area contributed by atoms with E-state index in [2.05, 4.69) is 93.7 Å². The molecule has 84 valence electrons. The summed E-state index contributed by atoms with van der Waals surface area (Å²) < 4.78 is 5.58. The Balaban J connectivity index is 0.00000128. The van der Waals surface area contributed by atoms with Crippen molar-refractivity contribution in [3.05, 3.63) is 62.8 Å². The summed E-state index contributed by atoms with van der Waals surface area (Å²) >= 11 is 4.68. The molecule has 0 atom stereocenters. The van der Waals surface area contributed by atoms with Crippen molar-refractivity contribution < 1.29 is 38.2 Å². The van der Waals surface area contributed by atoms with Crippen LogP contribution < -0.4 is 38.2 Å². The maximum absolute atomic E-state index is 2.34. The molecule has 2 rings (SSSR count). The highest BCUT2D eigenvalue weighted by Crippen LogP contribution is 2.02. The standard InChI is InChI=1S/C12H8I3.BrH/c13-9-1-5-11(6-2-9)15-12-7-3-10(14)4-8-12;/h1-8H;1H/q+1;/p-1. The minimum absolute atomic E-state index is 0. The van der Waals surface area contributed by atoms with Gasteiger partial charge >= 0.3 is 21.2 Å². The van der Waals surface area contributed by atoms with Crippen LogP contribution in [0.25, 0.3) is 0 Å². The van der Waals surface area contributed by atoms with Gasteiger partial charge in [0.1, 0.15) is 0 Å². The van der Waals surface area contributed by atoms with Crippen LogP contribution in [-0.2, 0) is 0 Å². The molecule has 0 saturated carbocycles. The molecule has 0 N–H and O–H groups in total. The van der Waals surface area contributed by atoms with Crippen LogP contribution in [0.2, 0.25) is 0 Å². The van der Waals surface area contributed by atoms with Gasteiger partial charge in [-0.1, -0.05) is 0 Å². The number of halogens is 4. The van der Waals surface area contributed by atoms with Crippen molar-refractivity contribution in [2.24, 2.45) is 0 Å². The van der Waals surface area contributed by atoms with E-state index in [0.29, 0.717) is 0 Å². The molecule has 0 heterocycles. The fourth-order valence-corrected chi connectivity index (χ4v) is 3.99. The number of hydrogen-bond donors (Lipinski definition) is 0. The molecule has 0 fully saturated rings. The summed E-state index contributed by atoms with van der Waals surface area (Å²) in [4.78, 5) is 0. The van der Waals surface area contributed by atoms with Gasteiger partial charge in [0.05, 0.1) is 0 Å². The predicted octanol–water partition coefficient (Wildman–Crippen LogP) is -1.97. The van der Waals surface area contributed by atoms with Gasteiger partial charge in [-0.05, 0) is 93.7 Å². The molecule has 0 unspecified atom stereocenters. The van der Waals surface area contributed by atoms with E-state index in [4.69, 9.17) is 0 Å². The molecule has 16 heavy (non-hydrogen) atoms. The summed E-state index contributed by atoms with van der Waals surface area (Å²) in [6.45, 7) is 0. The highest BCUT2D eigenvalue weighted by atomic mass is 127. The zero-order chi connectivity index (χ0) is 10.7. The molecule has 2 aromatic rings. The van der Waals surface area contributed by atoms with Crippen LogP contribution in [0.5, 0.6) is 0 Å².